The summed E-state index contributed by atoms with van der Waals surface area (Å²) in [6, 6.07) is 0.664. The smallest absolute Gasteiger partial charge is 0.0193 e. The van der Waals surface area contributed by atoms with Gasteiger partial charge in [-0.3, -0.25) is 4.90 Å². The molecule has 0 aromatic rings. The first-order chi connectivity index (χ1) is 4.84. The van der Waals surface area contributed by atoms with Crippen LogP contribution in [-0.4, -0.2) is 43.7 Å². The summed E-state index contributed by atoms with van der Waals surface area (Å²) < 4.78 is 0. The zero-order valence-corrected chi connectivity index (χ0v) is 6.64. The second kappa shape index (κ2) is 3.91. The second-order valence-electron chi connectivity index (χ2n) is 2.88. The van der Waals surface area contributed by atoms with Crippen molar-refractivity contribution in [1.82, 2.24) is 10.2 Å². The van der Waals surface area contributed by atoms with Crippen LogP contribution in [0, 0.1) is 0 Å². The number of nitrogens with two attached hydrogens (primary N) is 1. The van der Waals surface area contributed by atoms with Crippen molar-refractivity contribution >= 4 is 0 Å². The lowest BCUT2D eigenvalue weighted by Crippen LogP contribution is -2.51. The summed E-state index contributed by atoms with van der Waals surface area (Å²) in [6.07, 6.45) is 0. The summed E-state index contributed by atoms with van der Waals surface area (Å²) in [5.74, 6) is 0. The van der Waals surface area contributed by atoms with Crippen molar-refractivity contribution in [2.24, 2.45) is 5.73 Å². The number of nitrogens with zero attached hydrogens (tertiary/aromatic N) is 1. The molecule has 1 saturated heterocycles. The topological polar surface area (TPSA) is 41.3 Å². The molecule has 1 aliphatic heterocycles. The van der Waals surface area contributed by atoms with E-state index in [2.05, 4.69) is 17.1 Å². The second-order valence-corrected chi connectivity index (χ2v) is 2.88. The third-order valence-corrected chi connectivity index (χ3v) is 2.06. The zero-order valence-electron chi connectivity index (χ0n) is 6.64. The van der Waals surface area contributed by atoms with Gasteiger partial charge in [0.05, 0.1) is 0 Å². The minimum absolute atomic E-state index is 0.664. The van der Waals surface area contributed by atoms with Crippen molar-refractivity contribution in [1.29, 1.82) is 0 Å². The van der Waals surface area contributed by atoms with Gasteiger partial charge in [-0.1, -0.05) is 0 Å². The molecule has 10 heavy (non-hydrogen) atoms. The van der Waals surface area contributed by atoms with Crippen LogP contribution in [-0.2, 0) is 0 Å². The molecule has 1 atom stereocenters. The Morgan fingerprint density at radius 1 is 1.70 bits per heavy atom. The molecule has 1 fully saturated rings. The van der Waals surface area contributed by atoms with E-state index >= 15 is 0 Å². The minimum Gasteiger partial charge on any atom is -0.329 e. The fourth-order valence-electron chi connectivity index (χ4n) is 1.38. The van der Waals surface area contributed by atoms with Crippen molar-refractivity contribution in [2.45, 2.75) is 13.0 Å². The number of hydrogen-bond donors (Lipinski definition) is 2. The highest BCUT2D eigenvalue weighted by Gasteiger charge is 2.15. The molecule has 0 aromatic carbocycles. The molecule has 3 nitrogen and oxygen atoms in total. The van der Waals surface area contributed by atoms with Crippen LogP contribution in [0.15, 0.2) is 0 Å². The van der Waals surface area contributed by atoms with Crippen molar-refractivity contribution < 1.29 is 0 Å². The van der Waals surface area contributed by atoms with E-state index < -0.39 is 0 Å². The van der Waals surface area contributed by atoms with E-state index in [-0.39, 0.29) is 0 Å². The maximum atomic E-state index is 5.46. The average molecular weight is 143 g/mol. The first-order valence-corrected chi connectivity index (χ1v) is 3.99. The van der Waals surface area contributed by atoms with E-state index in [1.165, 1.54) is 0 Å². The minimum atomic E-state index is 0.664. The van der Waals surface area contributed by atoms with Crippen LogP contribution in [0.2, 0.25) is 0 Å². The van der Waals surface area contributed by atoms with Gasteiger partial charge in [0.15, 0.2) is 0 Å². The lowest BCUT2D eigenvalue weighted by Gasteiger charge is -2.33. The molecule has 0 saturated carbocycles. The van der Waals surface area contributed by atoms with E-state index in [0.29, 0.717) is 6.04 Å². The summed E-state index contributed by atoms with van der Waals surface area (Å²) in [6.45, 7) is 7.44. The Hall–Kier alpha value is -0.120. The van der Waals surface area contributed by atoms with Crippen LogP contribution in [0.5, 0.6) is 0 Å². The first-order valence-electron chi connectivity index (χ1n) is 3.99. The fourth-order valence-corrected chi connectivity index (χ4v) is 1.38. The maximum absolute atomic E-state index is 5.46. The molecule has 0 bridgehead atoms. The third kappa shape index (κ3) is 1.94. The molecule has 60 valence electrons. The molecule has 1 heterocycles. The number of piperazine rings is 1. The van der Waals surface area contributed by atoms with E-state index in [0.717, 1.165) is 32.7 Å². The zero-order chi connectivity index (χ0) is 7.40. The van der Waals surface area contributed by atoms with Crippen molar-refractivity contribution in [3.8, 4) is 0 Å². The molecule has 0 radical (unpaired) electrons. The van der Waals surface area contributed by atoms with Crippen LogP contribution >= 0.6 is 0 Å². The standard InChI is InChI=1S/C7H17N3/c1-7-6-9-3-5-10(7)4-2-8/h7,9H,2-6,8H2,1H3/t7-/m1/s1. The van der Waals surface area contributed by atoms with E-state index in [9.17, 15) is 0 Å². The summed E-state index contributed by atoms with van der Waals surface area (Å²) >= 11 is 0. The van der Waals surface area contributed by atoms with Crippen LogP contribution in [0.3, 0.4) is 0 Å². The predicted molar refractivity (Wildman–Crippen MR) is 43.0 cm³/mol. The van der Waals surface area contributed by atoms with Gasteiger partial charge >= 0.3 is 0 Å². The Balaban J connectivity index is 2.25. The van der Waals surface area contributed by atoms with Crippen LogP contribution < -0.4 is 11.1 Å². The number of rotatable bonds is 2. The van der Waals surface area contributed by atoms with Gasteiger partial charge in [-0.15, -0.1) is 0 Å². The van der Waals surface area contributed by atoms with Crippen molar-refractivity contribution in [2.75, 3.05) is 32.7 Å². The van der Waals surface area contributed by atoms with Crippen LogP contribution in [0.25, 0.3) is 0 Å². The predicted octanol–water partition coefficient (Wildman–Crippen LogP) is -0.761. The van der Waals surface area contributed by atoms with Gasteiger partial charge in [0, 0.05) is 38.8 Å². The molecule has 0 aromatic heterocycles. The third-order valence-electron chi connectivity index (χ3n) is 2.06. The Morgan fingerprint density at radius 2 is 2.50 bits per heavy atom. The molecule has 0 unspecified atom stereocenters. The van der Waals surface area contributed by atoms with E-state index in [4.69, 9.17) is 5.73 Å². The maximum Gasteiger partial charge on any atom is 0.0193 e. The largest absolute Gasteiger partial charge is 0.329 e. The normalized spacial score (nSPS) is 28.8. The van der Waals surface area contributed by atoms with Crippen molar-refractivity contribution in [3.63, 3.8) is 0 Å². The SMILES string of the molecule is C[C@@H]1CNCCN1CCN. The molecular formula is C7H17N3. The highest BCUT2D eigenvalue weighted by Crippen LogP contribution is 1.99. The van der Waals surface area contributed by atoms with Gasteiger partial charge in [-0.2, -0.15) is 0 Å². The molecular weight excluding hydrogens is 126 g/mol. The number of hydrogen-bond acceptors (Lipinski definition) is 3. The lowest BCUT2D eigenvalue weighted by molar-refractivity contribution is 0.179. The van der Waals surface area contributed by atoms with E-state index in [1.807, 2.05) is 0 Å². The quantitative estimate of drug-likeness (QED) is 0.534. The summed E-state index contributed by atoms with van der Waals surface area (Å²) in [4.78, 5) is 2.43. The Bertz CT molecular complexity index is 92.9. The molecule has 0 aliphatic carbocycles. The van der Waals surface area contributed by atoms with Crippen LogP contribution in [0.4, 0.5) is 0 Å². The number of nitrogens with one attached hydrogen (secondary N) is 1. The van der Waals surface area contributed by atoms with Gasteiger partial charge in [0.2, 0.25) is 0 Å². The molecule has 1 aliphatic rings. The van der Waals surface area contributed by atoms with Crippen LogP contribution in [0.1, 0.15) is 6.92 Å². The molecule has 3 N–H and O–H groups in total. The Morgan fingerprint density at radius 3 is 3.10 bits per heavy atom. The highest BCUT2D eigenvalue weighted by molar-refractivity contribution is 4.75. The molecule has 3 heteroatoms. The van der Waals surface area contributed by atoms with Gasteiger partial charge in [-0.25, -0.2) is 0 Å². The van der Waals surface area contributed by atoms with Crippen molar-refractivity contribution in [3.05, 3.63) is 0 Å². The molecule has 1 rings (SSSR count). The van der Waals surface area contributed by atoms with Gasteiger partial charge in [0.25, 0.3) is 0 Å². The first kappa shape index (κ1) is 7.98. The average Bonchev–Trinajstić information content (AvgIpc) is 1.94. The lowest BCUT2D eigenvalue weighted by atomic mass is 10.2. The fraction of sp³-hybridized carbons (Fsp3) is 1.00. The summed E-state index contributed by atoms with van der Waals surface area (Å²) in [5, 5.41) is 3.34. The summed E-state index contributed by atoms with van der Waals surface area (Å²) in [7, 11) is 0. The Kier molecular flexibility index (Phi) is 3.12. The Labute approximate surface area is 62.6 Å². The molecule has 0 amide bonds. The van der Waals surface area contributed by atoms with Gasteiger partial charge in [0.1, 0.15) is 0 Å². The highest BCUT2D eigenvalue weighted by atomic mass is 15.2. The monoisotopic (exact) mass is 143 g/mol. The van der Waals surface area contributed by atoms with E-state index in [1.54, 1.807) is 0 Å². The summed E-state index contributed by atoms with van der Waals surface area (Å²) in [5.41, 5.74) is 5.46. The van der Waals surface area contributed by atoms with Gasteiger partial charge < -0.3 is 11.1 Å². The molecule has 0 spiro atoms. The van der Waals surface area contributed by atoms with Gasteiger partial charge in [-0.05, 0) is 6.92 Å².